The largest absolute Gasteiger partial charge is 0.480 e. The first-order valence-corrected chi connectivity index (χ1v) is 5.40. The van der Waals surface area contributed by atoms with Crippen LogP contribution in [-0.4, -0.2) is 34.9 Å². The Morgan fingerprint density at radius 2 is 1.93 bits per heavy atom. The molecule has 0 saturated carbocycles. The maximum Gasteiger partial charge on any atom is 0.320 e. The Morgan fingerprint density at radius 1 is 1.40 bits per heavy atom. The molecule has 0 amide bonds. The van der Waals surface area contributed by atoms with Gasteiger partial charge in [0.1, 0.15) is 6.04 Å². The number of hydrogen-bond acceptors (Lipinski definition) is 3. The first kappa shape index (κ1) is 14.4. The van der Waals surface area contributed by atoms with E-state index < -0.39 is 18.1 Å². The molecule has 0 spiro atoms. The van der Waals surface area contributed by atoms with Crippen LogP contribution in [0.15, 0.2) is 0 Å². The summed E-state index contributed by atoms with van der Waals surface area (Å²) in [5.41, 5.74) is 0.0615. The van der Waals surface area contributed by atoms with E-state index >= 15 is 0 Å². The Morgan fingerprint density at radius 3 is 2.27 bits per heavy atom. The Hall–Kier alpha value is -0.610. The molecule has 90 valence electrons. The summed E-state index contributed by atoms with van der Waals surface area (Å²) in [5, 5.41) is 21.3. The maximum absolute atomic E-state index is 10.7. The topological polar surface area (TPSA) is 69.6 Å². The molecule has 2 unspecified atom stereocenters. The van der Waals surface area contributed by atoms with Crippen molar-refractivity contribution in [3.05, 3.63) is 0 Å². The van der Waals surface area contributed by atoms with Crippen molar-refractivity contribution in [1.29, 1.82) is 0 Å². The van der Waals surface area contributed by atoms with Crippen LogP contribution in [0, 0.1) is 5.41 Å². The predicted molar refractivity (Wildman–Crippen MR) is 59.8 cm³/mol. The fraction of sp³-hybridized carbons (Fsp3) is 0.909. The molecule has 2 atom stereocenters. The standard InChI is InChI=1S/C11H23NO3/c1-5-9(10(14)15)12-7-8(13)6-11(2,3)4/h8-9,12-13H,5-7H2,1-4H3,(H,14,15). The maximum atomic E-state index is 10.7. The molecule has 0 rings (SSSR count). The van der Waals surface area contributed by atoms with Crippen LogP contribution in [0.25, 0.3) is 0 Å². The SMILES string of the molecule is CCC(NCC(O)CC(C)(C)C)C(=O)O. The number of aliphatic carboxylic acids is 1. The highest BCUT2D eigenvalue weighted by Crippen LogP contribution is 2.20. The van der Waals surface area contributed by atoms with Gasteiger partial charge in [-0.15, -0.1) is 0 Å². The molecule has 0 aromatic rings. The third-order valence-electron chi connectivity index (χ3n) is 2.15. The summed E-state index contributed by atoms with van der Waals surface area (Å²) < 4.78 is 0. The number of carboxylic acids is 1. The van der Waals surface area contributed by atoms with E-state index in [4.69, 9.17) is 5.11 Å². The molecule has 0 saturated heterocycles. The zero-order chi connectivity index (χ0) is 12.1. The van der Waals surface area contributed by atoms with Gasteiger partial charge in [0.05, 0.1) is 6.10 Å². The summed E-state index contributed by atoms with van der Waals surface area (Å²) in [6.07, 6.45) is 0.701. The van der Waals surface area contributed by atoms with Gasteiger partial charge in [0, 0.05) is 6.54 Å². The molecule has 4 nitrogen and oxygen atoms in total. The van der Waals surface area contributed by atoms with E-state index in [0.29, 0.717) is 19.4 Å². The normalized spacial score (nSPS) is 16.1. The second-order valence-electron chi connectivity index (χ2n) is 5.13. The van der Waals surface area contributed by atoms with Crippen molar-refractivity contribution in [2.24, 2.45) is 5.41 Å². The van der Waals surface area contributed by atoms with Crippen molar-refractivity contribution in [3.8, 4) is 0 Å². The Balaban J connectivity index is 3.88. The van der Waals surface area contributed by atoms with E-state index in [1.165, 1.54) is 0 Å². The number of aliphatic hydroxyl groups is 1. The Bertz CT molecular complexity index is 198. The highest BCUT2D eigenvalue weighted by molar-refractivity contribution is 5.73. The first-order chi connectivity index (χ1) is 6.76. The minimum Gasteiger partial charge on any atom is -0.480 e. The van der Waals surface area contributed by atoms with Gasteiger partial charge in [-0.2, -0.15) is 0 Å². The molecule has 0 bridgehead atoms. The highest BCUT2D eigenvalue weighted by Gasteiger charge is 2.19. The minimum absolute atomic E-state index is 0.0615. The summed E-state index contributed by atoms with van der Waals surface area (Å²) in [6, 6.07) is -0.556. The molecule has 0 aliphatic heterocycles. The molecular formula is C11H23NO3. The summed E-state index contributed by atoms with van der Waals surface area (Å²) in [7, 11) is 0. The van der Waals surface area contributed by atoms with Gasteiger partial charge in [0.2, 0.25) is 0 Å². The van der Waals surface area contributed by atoms with Gasteiger partial charge in [0.15, 0.2) is 0 Å². The van der Waals surface area contributed by atoms with E-state index in [0.717, 1.165) is 0 Å². The van der Waals surface area contributed by atoms with Crippen LogP contribution in [0.5, 0.6) is 0 Å². The number of hydrogen-bond donors (Lipinski definition) is 3. The van der Waals surface area contributed by atoms with Gasteiger partial charge in [-0.3, -0.25) is 4.79 Å². The minimum atomic E-state index is -0.861. The van der Waals surface area contributed by atoms with Crippen LogP contribution in [0.3, 0.4) is 0 Å². The monoisotopic (exact) mass is 217 g/mol. The summed E-state index contributed by atoms with van der Waals surface area (Å²) in [6.45, 7) is 8.28. The molecule has 0 aliphatic rings. The van der Waals surface area contributed by atoms with Gasteiger partial charge in [-0.05, 0) is 18.3 Å². The lowest BCUT2D eigenvalue weighted by atomic mass is 9.89. The number of aliphatic hydroxyl groups excluding tert-OH is 1. The number of carboxylic acid groups (broad SMARTS) is 1. The van der Waals surface area contributed by atoms with Crippen molar-refractivity contribution in [3.63, 3.8) is 0 Å². The van der Waals surface area contributed by atoms with E-state index in [1.54, 1.807) is 0 Å². The summed E-state index contributed by atoms with van der Waals surface area (Å²) >= 11 is 0. The van der Waals surface area contributed by atoms with Gasteiger partial charge in [-0.1, -0.05) is 27.7 Å². The lowest BCUT2D eigenvalue weighted by Crippen LogP contribution is -2.41. The van der Waals surface area contributed by atoms with Crippen LogP contribution in [0.2, 0.25) is 0 Å². The number of carbonyl (C=O) groups is 1. The molecule has 0 aliphatic carbocycles. The zero-order valence-corrected chi connectivity index (χ0v) is 10.1. The van der Waals surface area contributed by atoms with E-state index in [2.05, 4.69) is 5.32 Å². The fourth-order valence-corrected chi connectivity index (χ4v) is 1.46. The Labute approximate surface area is 91.7 Å². The first-order valence-electron chi connectivity index (χ1n) is 5.40. The van der Waals surface area contributed by atoms with Gasteiger partial charge in [0.25, 0.3) is 0 Å². The van der Waals surface area contributed by atoms with E-state index in [1.807, 2.05) is 27.7 Å². The van der Waals surface area contributed by atoms with Crippen LogP contribution >= 0.6 is 0 Å². The number of nitrogens with one attached hydrogen (secondary N) is 1. The lowest BCUT2D eigenvalue weighted by molar-refractivity contribution is -0.139. The zero-order valence-electron chi connectivity index (χ0n) is 10.1. The van der Waals surface area contributed by atoms with Crippen molar-refractivity contribution < 1.29 is 15.0 Å². The number of rotatable bonds is 6. The fourth-order valence-electron chi connectivity index (χ4n) is 1.46. The third-order valence-corrected chi connectivity index (χ3v) is 2.15. The third kappa shape index (κ3) is 7.33. The summed E-state index contributed by atoms with van der Waals surface area (Å²) in [4.78, 5) is 10.7. The van der Waals surface area contributed by atoms with Gasteiger partial charge >= 0.3 is 5.97 Å². The molecular weight excluding hydrogens is 194 g/mol. The Kier molecular flexibility index (Phi) is 5.83. The quantitative estimate of drug-likeness (QED) is 0.626. The van der Waals surface area contributed by atoms with Crippen LogP contribution in [-0.2, 0) is 4.79 Å². The van der Waals surface area contributed by atoms with E-state index in [9.17, 15) is 9.90 Å². The van der Waals surface area contributed by atoms with Crippen LogP contribution in [0.1, 0.15) is 40.5 Å². The second kappa shape index (κ2) is 6.08. The van der Waals surface area contributed by atoms with Crippen LogP contribution in [0.4, 0.5) is 0 Å². The van der Waals surface area contributed by atoms with Gasteiger partial charge in [-0.25, -0.2) is 0 Å². The van der Waals surface area contributed by atoms with E-state index in [-0.39, 0.29) is 5.41 Å². The summed E-state index contributed by atoms with van der Waals surface area (Å²) in [5.74, 6) is -0.861. The molecule has 0 fully saturated rings. The van der Waals surface area contributed by atoms with Crippen LogP contribution < -0.4 is 5.32 Å². The molecule has 15 heavy (non-hydrogen) atoms. The second-order valence-corrected chi connectivity index (χ2v) is 5.13. The average Bonchev–Trinajstić information content (AvgIpc) is 2.01. The lowest BCUT2D eigenvalue weighted by Gasteiger charge is -2.23. The molecule has 0 heterocycles. The van der Waals surface area contributed by atoms with Gasteiger partial charge < -0.3 is 15.5 Å². The smallest absolute Gasteiger partial charge is 0.320 e. The van der Waals surface area contributed by atoms with Crippen molar-refractivity contribution in [2.75, 3.05) is 6.54 Å². The molecule has 0 aromatic heterocycles. The molecule has 3 N–H and O–H groups in total. The molecule has 0 aromatic carbocycles. The average molecular weight is 217 g/mol. The van der Waals surface area contributed by atoms with Crippen molar-refractivity contribution >= 4 is 5.97 Å². The molecule has 4 heteroatoms. The van der Waals surface area contributed by atoms with Crippen molar-refractivity contribution in [2.45, 2.75) is 52.7 Å². The predicted octanol–water partition coefficient (Wildman–Crippen LogP) is 1.24. The highest BCUT2D eigenvalue weighted by atomic mass is 16.4. The van der Waals surface area contributed by atoms with Crippen molar-refractivity contribution in [1.82, 2.24) is 5.32 Å². The molecule has 0 radical (unpaired) electrons.